The van der Waals surface area contributed by atoms with Crippen LogP contribution in [0.15, 0.2) is 16.2 Å². The molecule has 0 aromatic carbocycles. The van der Waals surface area contributed by atoms with E-state index in [1.54, 1.807) is 10.5 Å². The van der Waals surface area contributed by atoms with Gasteiger partial charge < -0.3 is 4.79 Å². The van der Waals surface area contributed by atoms with Gasteiger partial charge in [0.05, 0.1) is 11.7 Å². The lowest BCUT2D eigenvalue weighted by Crippen LogP contribution is -2.40. The molecule has 20 heavy (non-hydrogen) atoms. The summed E-state index contributed by atoms with van der Waals surface area (Å²) in [5.41, 5.74) is 1.63. The standard InChI is InChI=1S/C14H17N3O2S/c1-10-9-20-14-15-11(6-13(19)17(10)14)7-16-5-3-2-4-12(16)8-18/h6,8-9,12H,2-5,7H2,1H3. The van der Waals surface area contributed by atoms with Crippen molar-refractivity contribution < 1.29 is 4.79 Å². The van der Waals surface area contributed by atoms with Crippen molar-refractivity contribution in [3.63, 3.8) is 0 Å². The summed E-state index contributed by atoms with van der Waals surface area (Å²) in [6.07, 6.45) is 4.12. The molecule has 1 aliphatic rings. The fourth-order valence-electron chi connectivity index (χ4n) is 2.76. The van der Waals surface area contributed by atoms with Gasteiger partial charge in [-0.25, -0.2) is 4.98 Å². The molecule has 6 heteroatoms. The average molecular weight is 291 g/mol. The fourth-order valence-corrected chi connectivity index (χ4v) is 3.65. The number of likely N-dealkylation sites (tertiary alicyclic amines) is 1. The molecule has 1 fully saturated rings. The van der Waals surface area contributed by atoms with Crippen LogP contribution in [0.3, 0.4) is 0 Å². The van der Waals surface area contributed by atoms with E-state index in [0.29, 0.717) is 6.54 Å². The van der Waals surface area contributed by atoms with Gasteiger partial charge in [-0.2, -0.15) is 0 Å². The van der Waals surface area contributed by atoms with E-state index in [2.05, 4.69) is 9.88 Å². The van der Waals surface area contributed by atoms with Crippen molar-refractivity contribution in [2.24, 2.45) is 0 Å². The first-order valence-corrected chi connectivity index (χ1v) is 7.73. The number of nitrogens with zero attached hydrogens (tertiary/aromatic N) is 3. The van der Waals surface area contributed by atoms with Crippen LogP contribution in [0.4, 0.5) is 0 Å². The Morgan fingerprint density at radius 3 is 3.15 bits per heavy atom. The van der Waals surface area contributed by atoms with Gasteiger partial charge in [0.1, 0.15) is 6.29 Å². The maximum Gasteiger partial charge on any atom is 0.259 e. The van der Waals surface area contributed by atoms with Crippen molar-refractivity contribution in [1.29, 1.82) is 0 Å². The summed E-state index contributed by atoms with van der Waals surface area (Å²) < 4.78 is 1.63. The molecule has 5 nitrogen and oxygen atoms in total. The predicted octanol–water partition coefficient (Wildman–Crippen LogP) is 1.62. The molecule has 1 saturated heterocycles. The van der Waals surface area contributed by atoms with Gasteiger partial charge in [0, 0.05) is 23.7 Å². The zero-order chi connectivity index (χ0) is 14.1. The monoisotopic (exact) mass is 291 g/mol. The lowest BCUT2D eigenvalue weighted by Gasteiger charge is -2.31. The number of rotatable bonds is 3. The van der Waals surface area contributed by atoms with Gasteiger partial charge in [-0.3, -0.25) is 14.1 Å². The molecule has 106 valence electrons. The molecule has 0 bridgehead atoms. The molecule has 1 aliphatic heterocycles. The zero-order valence-corrected chi connectivity index (χ0v) is 12.2. The van der Waals surface area contributed by atoms with Crippen LogP contribution in [0.5, 0.6) is 0 Å². The highest BCUT2D eigenvalue weighted by Gasteiger charge is 2.22. The summed E-state index contributed by atoms with van der Waals surface area (Å²) in [5.74, 6) is 0. The van der Waals surface area contributed by atoms with E-state index in [1.165, 1.54) is 11.3 Å². The Kier molecular flexibility index (Phi) is 3.67. The van der Waals surface area contributed by atoms with E-state index in [1.807, 2.05) is 12.3 Å². The summed E-state index contributed by atoms with van der Waals surface area (Å²) in [6, 6.07) is 1.55. The Balaban J connectivity index is 1.90. The Labute approximate surface area is 120 Å². The van der Waals surface area contributed by atoms with Gasteiger partial charge in [-0.05, 0) is 26.3 Å². The molecule has 3 rings (SSSR count). The fraction of sp³-hybridized carbons (Fsp3) is 0.500. The highest BCUT2D eigenvalue weighted by Crippen LogP contribution is 2.18. The third-order valence-corrected chi connectivity index (χ3v) is 4.76. The van der Waals surface area contributed by atoms with E-state index in [-0.39, 0.29) is 11.6 Å². The topological polar surface area (TPSA) is 54.7 Å². The molecule has 3 heterocycles. The number of hydrogen-bond donors (Lipinski definition) is 0. The van der Waals surface area contributed by atoms with Crippen LogP contribution in [-0.4, -0.2) is 33.2 Å². The lowest BCUT2D eigenvalue weighted by atomic mass is 10.0. The average Bonchev–Trinajstić information content (AvgIpc) is 2.81. The SMILES string of the molecule is Cc1csc2nc(CN3CCCCC3C=O)cc(=O)n12. The highest BCUT2D eigenvalue weighted by molar-refractivity contribution is 7.15. The molecule has 1 unspecified atom stereocenters. The molecular formula is C14H17N3O2S. The summed E-state index contributed by atoms with van der Waals surface area (Å²) in [6.45, 7) is 3.37. The first-order valence-electron chi connectivity index (χ1n) is 6.85. The molecule has 2 aromatic heterocycles. The van der Waals surface area contributed by atoms with Gasteiger partial charge in [0.25, 0.3) is 5.56 Å². The number of thiazole rings is 1. The summed E-state index contributed by atoms with van der Waals surface area (Å²) in [7, 11) is 0. The minimum atomic E-state index is -0.0385. The number of carbonyl (C=O) groups is 1. The first kappa shape index (κ1) is 13.5. The third-order valence-electron chi connectivity index (χ3n) is 3.82. The molecular weight excluding hydrogens is 274 g/mol. The van der Waals surface area contributed by atoms with Crippen LogP contribution in [0.1, 0.15) is 30.7 Å². The summed E-state index contributed by atoms with van der Waals surface area (Å²) in [4.78, 5) is 30.6. The van der Waals surface area contributed by atoms with Crippen LogP contribution >= 0.6 is 11.3 Å². The minimum Gasteiger partial charge on any atom is -0.302 e. The van der Waals surface area contributed by atoms with E-state index < -0.39 is 0 Å². The molecule has 0 N–H and O–H groups in total. The molecule has 0 amide bonds. The molecule has 0 aliphatic carbocycles. The largest absolute Gasteiger partial charge is 0.302 e. The van der Waals surface area contributed by atoms with Crippen LogP contribution in [0, 0.1) is 6.92 Å². The Morgan fingerprint density at radius 2 is 2.35 bits per heavy atom. The minimum absolute atomic E-state index is 0.0333. The highest BCUT2D eigenvalue weighted by atomic mass is 32.1. The van der Waals surface area contributed by atoms with Gasteiger partial charge in [0.15, 0.2) is 4.96 Å². The van der Waals surface area contributed by atoms with E-state index in [9.17, 15) is 9.59 Å². The van der Waals surface area contributed by atoms with Crippen LogP contribution in [-0.2, 0) is 11.3 Å². The number of carbonyl (C=O) groups excluding carboxylic acids is 1. The van der Waals surface area contributed by atoms with E-state index in [0.717, 1.165) is 48.4 Å². The quantitative estimate of drug-likeness (QED) is 0.806. The third kappa shape index (κ3) is 2.41. The first-order chi connectivity index (χ1) is 9.69. The van der Waals surface area contributed by atoms with E-state index in [4.69, 9.17) is 0 Å². The molecule has 0 saturated carbocycles. The normalized spacial score (nSPS) is 20.4. The van der Waals surface area contributed by atoms with Crippen molar-refractivity contribution in [1.82, 2.24) is 14.3 Å². The van der Waals surface area contributed by atoms with Crippen LogP contribution in [0.25, 0.3) is 4.96 Å². The van der Waals surface area contributed by atoms with E-state index >= 15 is 0 Å². The second-order valence-corrected chi connectivity index (χ2v) is 6.09. The Morgan fingerprint density at radius 1 is 1.50 bits per heavy atom. The van der Waals surface area contributed by atoms with Crippen molar-refractivity contribution in [2.75, 3.05) is 6.54 Å². The number of aryl methyl sites for hydroxylation is 1. The smallest absolute Gasteiger partial charge is 0.259 e. The number of aromatic nitrogens is 2. The predicted molar refractivity (Wildman–Crippen MR) is 78.2 cm³/mol. The summed E-state index contributed by atoms with van der Waals surface area (Å²) in [5, 5.41) is 1.93. The maximum atomic E-state index is 12.1. The van der Waals surface area contributed by atoms with Crippen molar-refractivity contribution in [2.45, 2.75) is 38.8 Å². The number of fused-ring (bicyclic) bond motifs is 1. The molecule has 0 radical (unpaired) electrons. The van der Waals surface area contributed by atoms with Crippen molar-refractivity contribution in [3.8, 4) is 0 Å². The van der Waals surface area contributed by atoms with Crippen LogP contribution < -0.4 is 5.56 Å². The van der Waals surface area contributed by atoms with Crippen molar-refractivity contribution in [3.05, 3.63) is 33.2 Å². The second-order valence-electron chi connectivity index (χ2n) is 5.25. The zero-order valence-electron chi connectivity index (χ0n) is 11.4. The Hall–Kier alpha value is -1.53. The van der Waals surface area contributed by atoms with Gasteiger partial charge in [-0.1, -0.05) is 6.42 Å². The molecule has 2 aromatic rings. The number of hydrogen-bond acceptors (Lipinski definition) is 5. The number of piperidine rings is 1. The van der Waals surface area contributed by atoms with Gasteiger partial charge >= 0.3 is 0 Å². The van der Waals surface area contributed by atoms with Gasteiger partial charge in [-0.15, -0.1) is 11.3 Å². The van der Waals surface area contributed by atoms with Crippen LogP contribution in [0.2, 0.25) is 0 Å². The maximum absolute atomic E-state index is 12.1. The Bertz CT molecular complexity index is 691. The van der Waals surface area contributed by atoms with Crippen molar-refractivity contribution >= 4 is 22.6 Å². The molecule has 0 spiro atoms. The summed E-state index contributed by atoms with van der Waals surface area (Å²) >= 11 is 1.47. The lowest BCUT2D eigenvalue weighted by molar-refractivity contribution is -0.113. The molecule has 1 atom stereocenters. The van der Waals surface area contributed by atoms with Gasteiger partial charge in [0.2, 0.25) is 0 Å². The number of aldehydes is 1. The second kappa shape index (κ2) is 5.46.